The van der Waals surface area contributed by atoms with Gasteiger partial charge in [0.05, 0.1) is 8.29 Å². The van der Waals surface area contributed by atoms with Gasteiger partial charge < -0.3 is 4.74 Å². The molecular formula is C10H8Br3FOS. The summed E-state index contributed by atoms with van der Waals surface area (Å²) in [5.74, 6) is 0.221. The highest BCUT2D eigenvalue weighted by atomic mass is 79.9. The van der Waals surface area contributed by atoms with Gasteiger partial charge in [0, 0.05) is 10.5 Å². The van der Waals surface area contributed by atoms with E-state index in [9.17, 15) is 4.39 Å². The maximum atomic E-state index is 13.5. The summed E-state index contributed by atoms with van der Waals surface area (Å²) in [7, 11) is 0. The van der Waals surface area contributed by atoms with Crippen LogP contribution < -0.4 is 4.74 Å². The Labute approximate surface area is 123 Å². The third-order valence-electron chi connectivity index (χ3n) is 1.66. The third-order valence-corrected chi connectivity index (χ3v) is 4.02. The molecule has 0 saturated heterocycles. The van der Waals surface area contributed by atoms with Crippen LogP contribution >= 0.6 is 59.6 Å². The Morgan fingerprint density at radius 2 is 2.19 bits per heavy atom. The number of ether oxygens (including phenoxy) is 1. The first-order valence-electron chi connectivity index (χ1n) is 4.21. The molecule has 0 saturated carbocycles. The fraction of sp³-hybridized carbons (Fsp3) is 0.200. The molecule has 0 amide bonds. The average molecular weight is 435 g/mol. The number of benzene rings is 1. The second-order valence-corrected chi connectivity index (χ2v) is 7.17. The highest BCUT2D eigenvalue weighted by Gasteiger charge is 2.08. The molecule has 0 aliphatic carbocycles. The summed E-state index contributed by atoms with van der Waals surface area (Å²) >= 11 is 11.1. The Hall–Kier alpha value is 0.480. The average Bonchev–Trinajstić information content (AvgIpc) is 2.16. The first-order valence-corrected chi connectivity index (χ1v) is 7.82. The van der Waals surface area contributed by atoms with Crippen molar-refractivity contribution >= 4 is 59.6 Å². The number of thioether (sulfide) groups is 1. The summed E-state index contributed by atoms with van der Waals surface area (Å²) < 4.78 is 20.4. The minimum atomic E-state index is -0.279. The molecule has 0 fully saturated rings. The molecule has 0 heterocycles. The lowest BCUT2D eigenvalue weighted by molar-refractivity contribution is 0.359. The first kappa shape index (κ1) is 14.5. The van der Waals surface area contributed by atoms with Gasteiger partial charge in [-0.25, -0.2) is 4.39 Å². The fourth-order valence-corrected chi connectivity index (χ4v) is 2.69. The summed E-state index contributed by atoms with van der Waals surface area (Å²) in [6.07, 6.45) is 3.61. The van der Waals surface area contributed by atoms with Gasteiger partial charge >= 0.3 is 0 Å². The van der Waals surface area contributed by atoms with E-state index in [4.69, 9.17) is 4.74 Å². The van der Waals surface area contributed by atoms with Crippen molar-refractivity contribution < 1.29 is 9.13 Å². The largest absolute Gasteiger partial charge is 0.489 e. The van der Waals surface area contributed by atoms with Crippen molar-refractivity contribution in [1.29, 1.82) is 0 Å². The molecule has 0 unspecified atom stereocenters. The van der Waals surface area contributed by atoms with Crippen molar-refractivity contribution in [1.82, 2.24) is 0 Å². The highest BCUT2D eigenvalue weighted by Crippen LogP contribution is 2.32. The zero-order chi connectivity index (χ0) is 12.1. The molecule has 0 radical (unpaired) electrons. The monoisotopic (exact) mass is 432 g/mol. The summed E-state index contributed by atoms with van der Waals surface area (Å²) in [5, 5.41) is 0. The van der Waals surface area contributed by atoms with Gasteiger partial charge in [-0.15, -0.1) is 11.8 Å². The molecule has 0 bridgehead atoms. The Balaban J connectivity index is 2.80. The normalized spacial score (nSPS) is 10.1. The molecule has 88 valence electrons. The van der Waals surface area contributed by atoms with Crippen LogP contribution in [0.5, 0.6) is 5.75 Å². The third kappa shape index (κ3) is 4.39. The maximum absolute atomic E-state index is 13.5. The lowest BCUT2D eigenvalue weighted by atomic mass is 10.3. The van der Waals surface area contributed by atoms with Gasteiger partial charge in [-0.2, -0.15) is 0 Å². The highest BCUT2D eigenvalue weighted by molar-refractivity contribution is 9.28. The molecule has 1 nitrogen and oxygen atoms in total. The van der Waals surface area contributed by atoms with Gasteiger partial charge in [0.2, 0.25) is 0 Å². The van der Waals surface area contributed by atoms with Crippen LogP contribution in [0.25, 0.3) is 0 Å². The quantitative estimate of drug-likeness (QED) is 0.593. The maximum Gasteiger partial charge on any atom is 0.141 e. The molecule has 0 spiro atoms. The molecule has 6 heteroatoms. The molecule has 1 aromatic carbocycles. The Morgan fingerprint density at radius 1 is 1.50 bits per heavy atom. The van der Waals surface area contributed by atoms with E-state index in [1.807, 2.05) is 6.26 Å². The van der Waals surface area contributed by atoms with E-state index in [1.165, 1.54) is 17.8 Å². The van der Waals surface area contributed by atoms with Crippen molar-refractivity contribution in [3.8, 4) is 5.75 Å². The van der Waals surface area contributed by atoms with Crippen LogP contribution in [0.1, 0.15) is 0 Å². The van der Waals surface area contributed by atoms with Crippen molar-refractivity contribution in [2.45, 2.75) is 4.90 Å². The van der Waals surface area contributed by atoms with E-state index in [2.05, 4.69) is 47.8 Å². The standard InChI is InChI=1S/C10H8Br3FOS/c1-16-10-7(11)4-6(5-8(10)14)15-3-2-9(12)13/h2,4-5H,3H2,1H3. The van der Waals surface area contributed by atoms with E-state index in [-0.39, 0.29) is 5.82 Å². The van der Waals surface area contributed by atoms with Gasteiger partial charge in [-0.1, -0.05) is 0 Å². The lowest BCUT2D eigenvalue weighted by Gasteiger charge is -2.07. The van der Waals surface area contributed by atoms with Crippen LogP contribution in [0.3, 0.4) is 0 Å². The molecule has 1 aromatic rings. The van der Waals surface area contributed by atoms with E-state index in [0.717, 1.165) is 3.39 Å². The SMILES string of the molecule is CSc1c(F)cc(OCC=C(Br)Br)cc1Br. The smallest absolute Gasteiger partial charge is 0.141 e. The number of hydrogen-bond acceptors (Lipinski definition) is 2. The van der Waals surface area contributed by atoms with Crippen LogP contribution in [0.4, 0.5) is 4.39 Å². The van der Waals surface area contributed by atoms with Gasteiger partial charge in [0.15, 0.2) is 0 Å². The van der Waals surface area contributed by atoms with E-state index in [1.54, 1.807) is 12.1 Å². The van der Waals surface area contributed by atoms with Crippen molar-refractivity contribution in [2.24, 2.45) is 0 Å². The molecule has 1 rings (SSSR count). The van der Waals surface area contributed by atoms with Crippen LogP contribution in [-0.2, 0) is 0 Å². The summed E-state index contributed by atoms with van der Waals surface area (Å²) in [6, 6.07) is 3.14. The molecule has 0 N–H and O–H groups in total. The van der Waals surface area contributed by atoms with Gasteiger partial charge in [-0.05, 0) is 66.2 Å². The minimum Gasteiger partial charge on any atom is -0.489 e. The Bertz CT molecular complexity index is 382. The van der Waals surface area contributed by atoms with E-state index < -0.39 is 0 Å². The molecular weight excluding hydrogens is 427 g/mol. The number of rotatable bonds is 4. The van der Waals surface area contributed by atoms with Crippen molar-refractivity contribution in [3.05, 3.63) is 31.9 Å². The van der Waals surface area contributed by atoms with Crippen LogP contribution in [0.15, 0.2) is 31.0 Å². The Morgan fingerprint density at radius 3 is 2.69 bits per heavy atom. The fourth-order valence-electron chi connectivity index (χ4n) is 1.02. The van der Waals surface area contributed by atoms with Crippen molar-refractivity contribution in [2.75, 3.05) is 12.9 Å². The molecule has 0 aliphatic rings. The summed E-state index contributed by atoms with van der Waals surface area (Å²) in [6.45, 7) is 0.371. The zero-order valence-electron chi connectivity index (χ0n) is 8.27. The lowest BCUT2D eigenvalue weighted by Crippen LogP contribution is -1.95. The number of hydrogen-bond donors (Lipinski definition) is 0. The first-order chi connectivity index (χ1) is 7.54. The van der Waals surface area contributed by atoms with Crippen molar-refractivity contribution in [3.63, 3.8) is 0 Å². The Kier molecular flexibility index (Phi) is 6.39. The predicted octanol–water partition coefficient (Wildman–Crippen LogP) is 5.32. The molecule has 0 atom stereocenters. The van der Waals surface area contributed by atoms with E-state index >= 15 is 0 Å². The van der Waals surface area contributed by atoms with E-state index in [0.29, 0.717) is 21.7 Å². The minimum absolute atomic E-state index is 0.279. The van der Waals surface area contributed by atoms with Gasteiger partial charge in [0.1, 0.15) is 18.2 Å². The zero-order valence-corrected chi connectivity index (χ0v) is 13.8. The van der Waals surface area contributed by atoms with Crippen LogP contribution in [0, 0.1) is 5.82 Å². The topological polar surface area (TPSA) is 9.23 Å². The van der Waals surface area contributed by atoms with Gasteiger partial charge in [-0.3, -0.25) is 0 Å². The predicted molar refractivity (Wildman–Crippen MR) is 77.3 cm³/mol. The molecule has 0 aliphatic heterocycles. The second-order valence-electron chi connectivity index (χ2n) is 2.72. The van der Waals surface area contributed by atoms with Gasteiger partial charge in [0.25, 0.3) is 0 Å². The number of halogens is 4. The second kappa shape index (κ2) is 7.03. The summed E-state index contributed by atoms with van der Waals surface area (Å²) in [5.41, 5.74) is 0. The summed E-state index contributed by atoms with van der Waals surface area (Å²) in [4.78, 5) is 0.588. The van der Waals surface area contributed by atoms with Crippen LogP contribution in [-0.4, -0.2) is 12.9 Å². The van der Waals surface area contributed by atoms with Crippen LogP contribution in [0.2, 0.25) is 0 Å². The molecule has 16 heavy (non-hydrogen) atoms. The molecule has 0 aromatic heterocycles.